The second kappa shape index (κ2) is 5.84. The fourth-order valence-corrected chi connectivity index (χ4v) is 3.40. The van der Waals surface area contributed by atoms with E-state index >= 15 is 0 Å². The van der Waals surface area contributed by atoms with Gasteiger partial charge in [0.1, 0.15) is 5.69 Å². The molecule has 0 atom stereocenters. The number of fused-ring (bicyclic) bond motifs is 1. The van der Waals surface area contributed by atoms with Crippen molar-refractivity contribution >= 4 is 16.8 Å². The third-order valence-electron chi connectivity index (χ3n) is 4.92. The van der Waals surface area contributed by atoms with Gasteiger partial charge in [0.2, 0.25) is 0 Å². The number of nitrogens with one attached hydrogen (secondary N) is 1. The monoisotopic (exact) mass is 343 g/mol. The molecule has 0 radical (unpaired) electrons. The van der Waals surface area contributed by atoms with Crippen LogP contribution in [-0.2, 0) is 0 Å². The zero-order chi connectivity index (χ0) is 17.5. The molecule has 4 aromatic rings. The average molecular weight is 343 g/mol. The van der Waals surface area contributed by atoms with Gasteiger partial charge in [0.25, 0.3) is 5.91 Å². The number of hydrogen-bond acceptors (Lipinski definition) is 3. The summed E-state index contributed by atoms with van der Waals surface area (Å²) < 4.78 is 1.86. The lowest BCUT2D eigenvalue weighted by molar-refractivity contribution is 0.0500. The van der Waals surface area contributed by atoms with Crippen molar-refractivity contribution in [1.29, 1.82) is 0 Å². The Morgan fingerprint density at radius 1 is 1.04 bits per heavy atom. The van der Waals surface area contributed by atoms with E-state index in [1.165, 1.54) is 0 Å². The van der Waals surface area contributed by atoms with Gasteiger partial charge in [0.05, 0.1) is 17.8 Å². The molecule has 3 heterocycles. The maximum atomic E-state index is 12.8. The first kappa shape index (κ1) is 14.9. The van der Waals surface area contributed by atoms with Crippen LogP contribution in [0.5, 0.6) is 0 Å². The molecule has 1 saturated heterocycles. The Morgan fingerprint density at radius 3 is 2.65 bits per heavy atom. The van der Waals surface area contributed by atoms with E-state index in [4.69, 9.17) is 0 Å². The number of likely N-dealkylation sites (tertiary alicyclic amines) is 1. The molecule has 1 fully saturated rings. The van der Waals surface area contributed by atoms with Crippen LogP contribution < -0.4 is 0 Å². The van der Waals surface area contributed by atoms with Crippen LogP contribution in [0.3, 0.4) is 0 Å². The lowest BCUT2D eigenvalue weighted by atomic mass is 10.1. The SMILES string of the molecule is O=C(c1c[nH]c2ccccc12)N1CC(n2cc(-c3ccccc3)nn2)C1. The van der Waals surface area contributed by atoms with Crippen molar-refractivity contribution in [2.45, 2.75) is 6.04 Å². The van der Waals surface area contributed by atoms with Gasteiger partial charge in [-0.3, -0.25) is 4.79 Å². The van der Waals surface area contributed by atoms with Gasteiger partial charge in [-0.2, -0.15) is 0 Å². The molecule has 128 valence electrons. The van der Waals surface area contributed by atoms with Gasteiger partial charge in [0.15, 0.2) is 0 Å². The molecule has 0 spiro atoms. The minimum Gasteiger partial charge on any atom is -0.360 e. The molecule has 5 rings (SSSR count). The van der Waals surface area contributed by atoms with Crippen LogP contribution in [0.4, 0.5) is 0 Å². The summed E-state index contributed by atoms with van der Waals surface area (Å²) in [6.07, 6.45) is 3.75. The topological polar surface area (TPSA) is 66.8 Å². The van der Waals surface area contributed by atoms with E-state index < -0.39 is 0 Å². The normalized spacial score (nSPS) is 14.5. The second-order valence-corrected chi connectivity index (χ2v) is 6.56. The van der Waals surface area contributed by atoms with E-state index in [0.29, 0.717) is 13.1 Å². The first-order valence-corrected chi connectivity index (χ1v) is 8.62. The number of amides is 1. The van der Waals surface area contributed by atoms with Gasteiger partial charge in [-0.1, -0.05) is 53.7 Å². The Hall–Kier alpha value is -3.41. The molecule has 0 saturated carbocycles. The predicted octanol–water partition coefficient (Wildman–Crippen LogP) is 3.12. The number of aromatic nitrogens is 4. The number of carbonyl (C=O) groups excluding carboxylic acids is 1. The van der Waals surface area contributed by atoms with Crippen LogP contribution in [0.1, 0.15) is 16.4 Å². The van der Waals surface area contributed by atoms with E-state index in [0.717, 1.165) is 27.7 Å². The Bertz CT molecular complexity index is 1080. The Morgan fingerprint density at radius 2 is 1.81 bits per heavy atom. The summed E-state index contributed by atoms with van der Waals surface area (Å²) in [6.45, 7) is 1.30. The molecule has 1 N–H and O–H groups in total. The first-order chi connectivity index (χ1) is 12.8. The Labute approximate surface area is 150 Å². The van der Waals surface area contributed by atoms with Crippen molar-refractivity contribution in [3.05, 3.63) is 72.6 Å². The summed E-state index contributed by atoms with van der Waals surface area (Å²) in [7, 11) is 0. The van der Waals surface area contributed by atoms with Gasteiger partial charge in [-0.15, -0.1) is 5.10 Å². The highest BCUT2D eigenvalue weighted by Crippen LogP contribution is 2.27. The Kier molecular flexibility index (Phi) is 3.35. The van der Waals surface area contributed by atoms with Crippen molar-refractivity contribution in [3.63, 3.8) is 0 Å². The molecule has 1 amide bonds. The number of benzene rings is 2. The van der Waals surface area contributed by atoms with Crippen LogP contribution in [0, 0.1) is 0 Å². The van der Waals surface area contributed by atoms with Crippen LogP contribution in [0.15, 0.2) is 67.0 Å². The van der Waals surface area contributed by atoms with E-state index in [9.17, 15) is 4.79 Å². The third-order valence-corrected chi connectivity index (χ3v) is 4.92. The van der Waals surface area contributed by atoms with Crippen LogP contribution in [-0.4, -0.2) is 43.9 Å². The highest BCUT2D eigenvalue weighted by molar-refractivity contribution is 6.06. The number of rotatable bonds is 3. The molecule has 0 aliphatic carbocycles. The standard InChI is InChI=1S/C20H17N5O/c26-20(17-10-21-18-9-5-4-8-16(17)18)24-11-15(12-24)25-13-19(22-23-25)14-6-2-1-3-7-14/h1-10,13,15,21H,11-12H2. The number of H-pyrrole nitrogens is 1. The van der Waals surface area contributed by atoms with Crippen molar-refractivity contribution in [2.24, 2.45) is 0 Å². The summed E-state index contributed by atoms with van der Waals surface area (Å²) in [5.41, 5.74) is 3.61. The summed E-state index contributed by atoms with van der Waals surface area (Å²) in [6, 6.07) is 18.0. The minimum atomic E-state index is 0.0575. The van der Waals surface area contributed by atoms with Gasteiger partial charge in [-0.05, 0) is 6.07 Å². The molecule has 1 aliphatic rings. The van der Waals surface area contributed by atoms with E-state index in [1.54, 1.807) is 6.20 Å². The van der Waals surface area contributed by atoms with E-state index in [1.807, 2.05) is 70.4 Å². The fourth-order valence-electron chi connectivity index (χ4n) is 3.40. The summed E-state index contributed by atoms with van der Waals surface area (Å²) in [5, 5.41) is 9.46. The highest BCUT2D eigenvalue weighted by atomic mass is 16.2. The fraction of sp³-hybridized carbons (Fsp3) is 0.150. The largest absolute Gasteiger partial charge is 0.360 e. The van der Waals surface area contributed by atoms with Crippen molar-refractivity contribution in [2.75, 3.05) is 13.1 Å². The third kappa shape index (κ3) is 2.38. The van der Waals surface area contributed by atoms with Gasteiger partial charge in [-0.25, -0.2) is 4.68 Å². The number of carbonyl (C=O) groups is 1. The smallest absolute Gasteiger partial charge is 0.256 e. The maximum Gasteiger partial charge on any atom is 0.256 e. The van der Waals surface area contributed by atoms with Gasteiger partial charge in [0, 0.05) is 35.8 Å². The molecule has 26 heavy (non-hydrogen) atoms. The van der Waals surface area contributed by atoms with Crippen molar-refractivity contribution < 1.29 is 4.79 Å². The van der Waals surface area contributed by atoms with Gasteiger partial charge >= 0.3 is 0 Å². The summed E-state index contributed by atoms with van der Waals surface area (Å²) in [5.74, 6) is 0.0575. The number of para-hydroxylation sites is 1. The quantitative estimate of drug-likeness (QED) is 0.621. The summed E-state index contributed by atoms with van der Waals surface area (Å²) >= 11 is 0. The predicted molar refractivity (Wildman–Crippen MR) is 98.7 cm³/mol. The molecule has 6 heteroatoms. The van der Waals surface area contributed by atoms with Crippen LogP contribution >= 0.6 is 0 Å². The highest BCUT2D eigenvalue weighted by Gasteiger charge is 2.34. The molecule has 0 bridgehead atoms. The maximum absolute atomic E-state index is 12.8. The first-order valence-electron chi connectivity index (χ1n) is 8.62. The molecule has 1 aliphatic heterocycles. The number of hydrogen-bond donors (Lipinski definition) is 1. The lowest BCUT2D eigenvalue weighted by Gasteiger charge is -2.38. The van der Waals surface area contributed by atoms with Crippen molar-refractivity contribution in [3.8, 4) is 11.3 Å². The number of nitrogens with zero attached hydrogens (tertiary/aromatic N) is 4. The van der Waals surface area contributed by atoms with Crippen LogP contribution in [0.25, 0.3) is 22.2 Å². The Balaban J connectivity index is 1.30. The molecular formula is C20H17N5O. The summed E-state index contributed by atoms with van der Waals surface area (Å²) in [4.78, 5) is 17.8. The number of aromatic amines is 1. The zero-order valence-electron chi connectivity index (χ0n) is 14.0. The van der Waals surface area contributed by atoms with Crippen molar-refractivity contribution in [1.82, 2.24) is 24.9 Å². The van der Waals surface area contributed by atoms with E-state index in [-0.39, 0.29) is 11.9 Å². The minimum absolute atomic E-state index is 0.0575. The second-order valence-electron chi connectivity index (χ2n) is 6.56. The van der Waals surface area contributed by atoms with Crippen LogP contribution in [0.2, 0.25) is 0 Å². The van der Waals surface area contributed by atoms with E-state index in [2.05, 4.69) is 15.3 Å². The average Bonchev–Trinajstić information content (AvgIpc) is 3.28. The molecule has 2 aromatic heterocycles. The lowest BCUT2D eigenvalue weighted by Crippen LogP contribution is -2.50. The molecular weight excluding hydrogens is 326 g/mol. The van der Waals surface area contributed by atoms with Gasteiger partial charge < -0.3 is 9.88 Å². The molecule has 0 unspecified atom stereocenters. The molecule has 6 nitrogen and oxygen atoms in total. The molecule has 2 aromatic carbocycles. The zero-order valence-corrected chi connectivity index (χ0v) is 14.0.